The zero-order valence-electron chi connectivity index (χ0n) is 7.39. The minimum absolute atomic E-state index is 0. The van der Waals surface area contributed by atoms with Crippen molar-refractivity contribution in [1.29, 1.82) is 0 Å². The molecule has 0 aromatic heterocycles. The van der Waals surface area contributed by atoms with E-state index < -0.39 is 11.6 Å². The monoisotopic (exact) mass is 168 g/mol. The van der Waals surface area contributed by atoms with Crippen LogP contribution in [0.2, 0.25) is 0 Å². The largest absolute Gasteiger partial charge is 1.00 e. The standard InChI is InChI=1S/C7H14O3.Na/c1-3-7(2,10)5-4-6(8)9;/h10H,3-5H2,1-2H3,(H,8,9);/q;+1/p-1/t7-;/m0./s1. The number of aliphatic hydroxyl groups is 1. The third kappa shape index (κ3) is 8.34. The molecule has 0 unspecified atom stereocenters. The van der Waals surface area contributed by atoms with E-state index in [0.717, 1.165) is 0 Å². The molecule has 4 heteroatoms. The second-order valence-electron chi connectivity index (χ2n) is 2.72. The molecule has 0 amide bonds. The zero-order chi connectivity index (χ0) is 8.20. The maximum absolute atomic E-state index is 9.94. The molecule has 0 saturated carbocycles. The van der Waals surface area contributed by atoms with Gasteiger partial charge in [0, 0.05) is 5.97 Å². The van der Waals surface area contributed by atoms with Crippen LogP contribution in [0.25, 0.3) is 0 Å². The van der Waals surface area contributed by atoms with Crippen LogP contribution in [-0.4, -0.2) is 16.7 Å². The third-order valence-corrected chi connectivity index (χ3v) is 1.63. The minimum Gasteiger partial charge on any atom is -0.550 e. The molecular formula is C7H13NaO3. The van der Waals surface area contributed by atoms with E-state index in [0.29, 0.717) is 6.42 Å². The second-order valence-corrected chi connectivity index (χ2v) is 2.72. The Labute approximate surface area is 89.1 Å². The number of hydrogen-bond donors (Lipinski definition) is 1. The van der Waals surface area contributed by atoms with Gasteiger partial charge in [0.05, 0.1) is 5.60 Å². The summed E-state index contributed by atoms with van der Waals surface area (Å²) in [4.78, 5) is 9.94. The summed E-state index contributed by atoms with van der Waals surface area (Å²) in [6.45, 7) is 3.44. The van der Waals surface area contributed by atoms with Gasteiger partial charge >= 0.3 is 29.6 Å². The molecule has 0 radical (unpaired) electrons. The van der Waals surface area contributed by atoms with Crippen molar-refractivity contribution < 1.29 is 44.6 Å². The van der Waals surface area contributed by atoms with Crippen LogP contribution in [0.15, 0.2) is 0 Å². The van der Waals surface area contributed by atoms with Crippen molar-refractivity contribution in [2.24, 2.45) is 0 Å². The first-order valence-corrected chi connectivity index (χ1v) is 3.40. The van der Waals surface area contributed by atoms with Crippen molar-refractivity contribution >= 4 is 5.97 Å². The summed E-state index contributed by atoms with van der Waals surface area (Å²) in [5.74, 6) is -1.10. The summed E-state index contributed by atoms with van der Waals surface area (Å²) < 4.78 is 0. The van der Waals surface area contributed by atoms with Crippen LogP contribution >= 0.6 is 0 Å². The molecule has 0 heterocycles. The van der Waals surface area contributed by atoms with E-state index in [1.54, 1.807) is 6.92 Å². The fourth-order valence-corrected chi connectivity index (χ4v) is 0.548. The fourth-order valence-electron chi connectivity index (χ4n) is 0.548. The SMILES string of the molecule is CC[C@](C)(O)CCC(=O)[O-].[Na+]. The minimum atomic E-state index is -1.10. The fraction of sp³-hybridized carbons (Fsp3) is 0.857. The third-order valence-electron chi connectivity index (χ3n) is 1.63. The average Bonchev–Trinajstić information content (AvgIpc) is 1.85. The van der Waals surface area contributed by atoms with E-state index in [1.165, 1.54) is 0 Å². The van der Waals surface area contributed by atoms with Gasteiger partial charge in [-0.1, -0.05) is 6.92 Å². The molecule has 0 spiro atoms. The number of carbonyl (C=O) groups is 1. The quantitative estimate of drug-likeness (QED) is 0.447. The van der Waals surface area contributed by atoms with Crippen LogP contribution in [0.4, 0.5) is 0 Å². The molecule has 0 rings (SSSR count). The molecule has 0 aliphatic carbocycles. The summed E-state index contributed by atoms with van der Waals surface area (Å²) in [5.41, 5.74) is -0.847. The molecule has 0 saturated heterocycles. The molecule has 0 aliphatic rings. The normalized spacial score (nSPS) is 14.8. The van der Waals surface area contributed by atoms with Crippen molar-refractivity contribution in [2.75, 3.05) is 0 Å². The van der Waals surface area contributed by atoms with E-state index in [9.17, 15) is 15.0 Å². The zero-order valence-corrected chi connectivity index (χ0v) is 9.39. The van der Waals surface area contributed by atoms with Crippen LogP contribution in [0.5, 0.6) is 0 Å². The van der Waals surface area contributed by atoms with Gasteiger partial charge in [0.25, 0.3) is 0 Å². The van der Waals surface area contributed by atoms with Crippen LogP contribution in [0.3, 0.4) is 0 Å². The van der Waals surface area contributed by atoms with E-state index in [1.807, 2.05) is 6.92 Å². The van der Waals surface area contributed by atoms with Gasteiger partial charge in [0.15, 0.2) is 0 Å². The number of carbonyl (C=O) groups excluding carboxylic acids is 1. The van der Waals surface area contributed by atoms with Crippen LogP contribution in [0, 0.1) is 0 Å². The van der Waals surface area contributed by atoms with Crippen molar-refractivity contribution in [2.45, 2.75) is 38.7 Å². The van der Waals surface area contributed by atoms with Gasteiger partial charge in [-0.3, -0.25) is 0 Å². The first-order chi connectivity index (χ1) is 4.48. The number of rotatable bonds is 4. The van der Waals surface area contributed by atoms with E-state index >= 15 is 0 Å². The van der Waals surface area contributed by atoms with Gasteiger partial charge in [0.2, 0.25) is 0 Å². The maximum Gasteiger partial charge on any atom is 1.00 e. The molecule has 0 aromatic rings. The number of aliphatic carboxylic acids is 1. The maximum atomic E-state index is 9.94. The Balaban J connectivity index is 0. The van der Waals surface area contributed by atoms with Crippen molar-refractivity contribution in [3.8, 4) is 0 Å². The predicted octanol–water partition coefficient (Wildman–Crippen LogP) is -3.32. The van der Waals surface area contributed by atoms with Gasteiger partial charge in [-0.05, 0) is 26.2 Å². The average molecular weight is 168 g/mol. The molecule has 11 heavy (non-hydrogen) atoms. The van der Waals surface area contributed by atoms with Gasteiger partial charge in [-0.25, -0.2) is 0 Å². The molecule has 0 aromatic carbocycles. The Bertz CT molecular complexity index is 123. The van der Waals surface area contributed by atoms with Gasteiger partial charge in [-0.15, -0.1) is 0 Å². The second kappa shape index (κ2) is 6.00. The van der Waals surface area contributed by atoms with Gasteiger partial charge in [0.1, 0.15) is 0 Å². The molecule has 0 aliphatic heterocycles. The first-order valence-electron chi connectivity index (χ1n) is 3.40. The van der Waals surface area contributed by atoms with Gasteiger partial charge < -0.3 is 15.0 Å². The molecule has 0 bridgehead atoms. The Hall–Kier alpha value is 0.430. The van der Waals surface area contributed by atoms with Crippen LogP contribution in [0.1, 0.15) is 33.1 Å². The Morgan fingerprint density at radius 1 is 1.64 bits per heavy atom. The predicted molar refractivity (Wildman–Crippen MR) is 35.2 cm³/mol. The molecule has 0 fully saturated rings. The molecule has 60 valence electrons. The van der Waals surface area contributed by atoms with E-state index in [-0.39, 0.29) is 42.4 Å². The summed E-state index contributed by atoms with van der Waals surface area (Å²) in [7, 11) is 0. The number of carboxylic acid groups (broad SMARTS) is 1. The Morgan fingerprint density at radius 2 is 2.09 bits per heavy atom. The van der Waals surface area contributed by atoms with Crippen molar-refractivity contribution in [3.05, 3.63) is 0 Å². The smallest absolute Gasteiger partial charge is 0.550 e. The number of carboxylic acids is 1. The summed E-state index contributed by atoms with van der Waals surface area (Å²) >= 11 is 0. The summed E-state index contributed by atoms with van der Waals surface area (Å²) in [5, 5.41) is 19.2. The topological polar surface area (TPSA) is 60.4 Å². The molecule has 1 atom stereocenters. The number of hydrogen-bond acceptors (Lipinski definition) is 3. The van der Waals surface area contributed by atoms with Crippen molar-refractivity contribution in [1.82, 2.24) is 0 Å². The molecular weight excluding hydrogens is 155 g/mol. The van der Waals surface area contributed by atoms with Crippen molar-refractivity contribution in [3.63, 3.8) is 0 Å². The molecule has 3 nitrogen and oxygen atoms in total. The van der Waals surface area contributed by atoms with Crippen LogP contribution < -0.4 is 34.7 Å². The van der Waals surface area contributed by atoms with Gasteiger partial charge in [-0.2, -0.15) is 0 Å². The Morgan fingerprint density at radius 3 is 2.36 bits per heavy atom. The van der Waals surface area contributed by atoms with E-state index in [2.05, 4.69) is 0 Å². The summed E-state index contributed by atoms with van der Waals surface area (Å²) in [6, 6.07) is 0. The first kappa shape index (κ1) is 14.0. The van der Waals surface area contributed by atoms with E-state index in [4.69, 9.17) is 0 Å². The summed E-state index contributed by atoms with van der Waals surface area (Å²) in [6.07, 6.45) is 0.771. The Kier molecular flexibility index (Phi) is 7.63. The molecule has 1 N–H and O–H groups in total. The van der Waals surface area contributed by atoms with Crippen LogP contribution in [-0.2, 0) is 4.79 Å².